The second-order valence-electron chi connectivity index (χ2n) is 4.68. The Labute approximate surface area is 124 Å². The zero-order valence-corrected chi connectivity index (χ0v) is 12.2. The van der Waals surface area contributed by atoms with Gasteiger partial charge in [0.15, 0.2) is 0 Å². The smallest absolute Gasteiger partial charge is 0.340 e. The van der Waals surface area contributed by atoms with Gasteiger partial charge in [-0.3, -0.25) is 4.98 Å². The van der Waals surface area contributed by atoms with E-state index in [4.69, 9.17) is 10.5 Å². The number of carbonyl (C=O) groups is 1. The highest BCUT2D eigenvalue weighted by atomic mass is 16.5. The average molecular weight is 285 g/mol. The summed E-state index contributed by atoms with van der Waals surface area (Å²) in [4.78, 5) is 16.1. The maximum Gasteiger partial charge on any atom is 0.340 e. The highest BCUT2D eigenvalue weighted by molar-refractivity contribution is 5.96. The molecular formula is C16H19N3O2. The molecule has 2 rings (SSSR count). The number of hydrogen-bond acceptors (Lipinski definition) is 5. The molecule has 0 saturated carbocycles. The fourth-order valence-electron chi connectivity index (χ4n) is 2.01. The Bertz CT molecular complexity index is 614. The third-order valence-electron chi connectivity index (χ3n) is 3.10. The van der Waals surface area contributed by atoms with Gasteiger partial charge in [-0.25, -0.2) is 4.79 Å². The molecule has 0 aliphatic heterocycles. The van der Waals surface area contributed by atoms with E-state index in [1.165, 1.54) is 0 Å². The summed E-state index contributed by atoms with van der Waals surface area (Å²) >= 11 is 0. The second-order valence-corrected chi connectivity index (χ2v) is 4.68. The molecule has 1 aromatic carbocycles. The molecule has 1 unspecified atom stereocenters. The first-order chi connectivity index (χ1) is 10.1. The number of nitrogens with one attached hydrogen (secondary N) is 1. The third-order valence-corrected chi connectivity index (χ3v) is 3.10. The monoisotopic (exact) mass is 285 g/mol. The Balaban J connectivity index is 2.25. The molecule has 5 heteroatoms. The Morgan fingerprint density at radius 1 is 1.43 bits per heavy atom. The molecule has 0 saturated heterocycles. The van der Waals surface area contributed by atoms with E-state index in [0.717, 1.165) is 5.56 Å². The van der Waals surface area contributed by atoms with Crippen LogP contribution in [-0.4, -0.2) is 17.6 Å². The van der Waals surface area contributed by atoms with Crippen molar-refractivity contribution in [3.63, 3.8) is 0 Å². The summed E-state index contributed by atoms with van der Waals surface area (Å²) in [5, 5.41) is 3.30. The van der Waals surface area contributed by atoms with Crippen molar-refractivity contribution in [2.24, 2.45) is 0 Å². The normalized spacial score (nSPS) is 11.7. The van der Waals surface area contributed by atoms with Crippen LogP contribution >= 0.6 is 0 Å². The molecule has 2 aromatic rings. The fourth-order valence-corrected chi connectivity index (χ4v) is 2.01. The second kappa shape index (κ2) is 6.74. The quantitative estimate of drug-likeness (QED) is 0.652. The lowest BCUT2D eigenvalue weighted by molar-refractivity contribution is 0.0527. The van der Waals surface area contributed by atoms with Crippen molar-refractivity contribution >= 4 is 17.3 Å². The van der Waals surface area contributed by atoms with E-state index in [2.05, 4.69) is 10.3 Å². The van der Waals surface area contributed by atoms with Crippen molar-refractivity contribution in [2.75, 3.05) is 17.7 Å². The maximum absolute atomic E-state index is 12.0. The van der Waals surface area contributed by atoms with Gasteiger partial charge >= 0.3 is 5.97 Å². The maximum atomic E-state index is 12.0. The Morgan fingerprint density at radius 2 is 2.24 bits per heavy atom. The number of pyridine rings is 1. The summed E-state index contributed by atoms with van der Waals surface area (Å²) in [6.07, 6.45) is 3.52. The number of esters is 1. The SMILES string of the molecule is CCOC(=O)c1cc(N)ccc1NC(C)c1cccnc1. The van der Waals surface area contributed by atoms with E-state index in [1.807, 2.05) is 19.1 Å². The summed E-state index contributed by atoms with van der Waals surface area (Å²) in [5.41, 5.74) is 8.45. The lowest BCUT2D eigenvalue weighted by Crippen LogP contribution is -2.13. The molecule has 1 atom stereocenters. The van der Waals surface area contributed by atoms with Crippen molar-refractivity contribution in [1.29, 1.82) is 0 Å². The first-order valence-corrected chi connectivity index (χ1v) is 6.85. The molecule has 0 amide bonds. The minimum atomic E-state index is -0.384. The lowest BCUT2D eigenvalue weighted by Gasteiger charge is -2.18. The predicted molar refractivity (Wildman–Crippen MR) is 83.1 cm³/mol. The predicted octanol–water partition coefficient (Wildman–Crippen LogP) is 3.01. The molecule has 1 heterocycles. The summed E-state index contributed by atoms with van der Waals surface area (Å²) in [7, 11) is 0. The first kappa shape index (κ1) is 14.8. The first-order valence-electron chi connectivity index (χ1n) is 6.85. The number of aromatic nitrogens is 1. The van der Waals surface area contributed by atoms with Crippen LogP contribution < -0.4 is 11.1 Å². The third kappa shape index (κ3) is 3.72. The van der Waals surface area contributed by atoms with Crippen LogP contribution in [0.4, 0.5) is 11.4 Å². The zero-order chi connectivity index (χ0) is 15.2. The van der Waals surface area contributed by atoms with Crippen molar-refractivity contribution in [3.8, 4) is 0 Å². The van der Waals surface area contributed by atoms with Gasteiger partial charge in [0.05, 0.1) is 18.2 Å². The van der Waals surface area contributed by atoms with Crippen molar-refractivity contribution in [3.05, 3.63) is 53.9 Å². The van der Waals surface area contributed by atoms with Crippen LogP contribution in [0.2, 0.25) is 0 Å². The summed E-state index contributed by atoms with van der Waals surface area (Å²) < 4.78 is 5.06. The highest BCUT2D eigenvalue weighted by Gasteiger charge is 2.15. The topological polar surface area (TPSA) is 77.2 Å². The molecule has 0 radical (unpaired) electrons. The molecule has 21 heavy (non-hydrogen) atoms. The average Bonchev–Trinajstić information content (AvgIpc) is 2.50. The molecular weight excluding hydrogens is 266 g/mol. The van der Waals surface area contributed by atoms with Gasteiger partial charge < -0.3 is 15.8 Å². The van der Waals surface area contributed by atoms with E-state index in [1.54, 1.807) is 37.5 Å². The molecule has 3 N–H and O–H groups in total. The number of nitrogen functional groups attached to an aromatic ring is 1. The standard InChI is InChI=1S/C16H19N3O2/c1-3-21-16(20)14-9-13(17)6-7-15(14)19-11(2)12-5-4-8-18-10-12/h4-11,19H,3,17H2,1-2H3. The number of anilines is 2. The molecule has 0 spiro atoms. The van der Waals surface area contributed by atoms with Gasteiger partial charge in [0.2, 0.25) is 0 Å². The van der Waals surface area contributed by atoms with Crippen LogP contribution in [0, 0.1) is 0 Å². The van der Waals surface area contributed by atoms with Crippen LogP contribution in [0.1, 0.15) is 35.8 Å². The molecule has 5 nitrogen and oxygen atoms in total. The van der Waals surface area contributed by atoms with E-state index >= 15 is 0 Å². The van der Waals surface area contributed by atoms with Crippen LogP contribution in [0.15, 0.2) is 42.7 Å². The van der Waals surface area contributed by atoms with E-state index in [9.17, 15) is 4.79 Å². The summed E-state index contributed by atoms with van der Waals surface area (Å²) in [6, 6.07) is 9.02. The molecule has 0 aliphatic rings. The largest absolute Gasteiger partial charge is 0.462 e. The van der Waals surface area contributed by atoms with E-state index < -0.39 is 0 Å². The summed E-state index contributed by atoms with van der Waals surface area (Å²) in [6.45, 7) is 4.10. The van der Waals surface area contributed by atoms with Gasteiger partial charge in [-0.2, -0.15) is 0 Å². The molecule has 0 aliphatic carbocycles. The van der Waals surface area contributed by atoms with Gasteiger partial charge in [0.1, 0.15) is 0 Å². The van der Waals surface area contributed by atoms with Crippen molar-refractivity contribution in [1.82, 2.24) is 4.98 Å². The van der Waals surface area contributed by atoms with Gasteiger partial charge in [-0.05, 0) is 43.7 Å². The molecule has 1 aromatic heterocycles. The number of nitrogens with two attached hydrogens (primary N) is 1. The van der Waals surface area contributed by atoms with E-state index in [-0.39, 0.29) is 12.0 Å². The number of ether oxygens (including phenoxy) is 1. The van der Waals surface area contributed by atoms with Crippen LogP contribution in [0.25, 0.3) is 0 Å². The fraction of sp³-hybridized carbons (Fsp3) is 0.250. The Morgan fingerprint density at radius 3 is 2.90 bits per heavy atom. The minimum absolute atomic E-state index is 0.00972. The van der Waals surface area contributed by atoms with Gasteiger partial charge in [0.25, 0.3) is 0 Å². The van der Waals surface area contributed by atoms with Crippen molar-refractivity contribution < 1.29 is 9.53 Å². The Hall–Kier alpha value is -2.56. The van der Waals surface area contributed by atoms with Gasteiger partial charge in [-0.15, -0.1) is 0 Å². The molecule has 0 bridgehead atoms. The zero-order valence-electron chi connectivity index (χ0n) is 12.2. The number of rotatable bonds is 5. The molecule has 0 fully saturated rings. The number of nitrogens with zero attached hydrogens (tertiary/aromatic N) is 1. The lowest BCUT2D eigenvalue weighted by atomic mass is 10.1. The number of carbonyl (C=O) groups excluding carboxylic acids is 1. The number of hydrogen-bond donors (Lipinski definition) is 2. The minimum Gasteiger partial charge on any atom is -0.462 e. The van der Waals surface area contributed by atoms with Crippen molar-refractivity contribution in [2.45, 2.75) is 19.9 Å². The molecule has 110 valence electrons. The van der Waals surface area contributed by atoms with Gasteiger partial charge in [-0.1, -0.05) is 6.07 Å². The number of benzene rings is 1. The Kier molecular flexibility index (Phi) is 4.77. The summed E-state index contributed by atoms with van der Waals surface area (Å²) in [5.74, 6) is -0.384. The van der Waals surface area contributed by atoms with Crippen LogP contribution in [0.3, 0.4) is 0 Å². The van der Waals surface area contributed by atoms with E-state index in [0.29, 0.717) is 23.5 Å². The van der Waals surface area contributed by atoms with Gasteiger partial charge in [0, 0.05) is 23.8 Å². The van der Waals surface area contributed by atoms with Crippen LogP contribution in [0.5, 0.6) is 0 Å². The highest BCUT2D eigenvalue weighted by Crippen LogP contribution is 2.24. The van der Waals surface area contributed by atoms with Crippen LogP contribution in [-0.2, 0) is 4.74 Å².